The second-order valence-corrected chi connectivity index (χ2v) is 6.15. The zero-order valence-corrected chi connectivity index (χ0v) is 12.6. The zero-order chi connectivity index (χ0) is 14.7. The fraction of sp³-hybridized carbons (Fsp3) is 0.333. The molecule has 1 N–H and O–H groups in total. The Morgan fingerprint density at radius 2 is 1.90 bits per heavy atom. The molecule has 2 aromatic rings. The van der Waals surface area contributed by atoms with Crippen molar-refractivity contribution in [2.45, 2.75) is 31.2 Å². The first-order valence-electron chi connectivity index (χ1n) is 7.44. The van der Waals surface area contributed by atoms with Crippen LogP contribution < -0.4 is 5.32 Å². The van der Waals surface area contributed by atoms with Gasteiger partial charge < -0.3 is 5.32 Å². The minimum absolute atomic E-state index is 0.186. The Bertz CT molecular complexity index is 595. The average molecular weight is 304 g/mol. The molecule has 0 spiro atoms. The highest BCUT2D eigenvalue weighted by atomic mass is 35.5. The Kier molecular flexibility index (Phi) is 4.57. The largest absolute Gasteiger partial charge is 0.313 e. The summed E-state index contributed by atoms with van der Waals surface area (Å²) >= 11 is 5.76. The molecule has 1 atom stereocenters. The Morgan fingerprint density at radius 1 is 1.14 bits per heavy atom. The summed E-state index contributed by atoms with van der Waals surface area (Å²) in [5.41, 5.74) is 2.28. The second-order valence-electron chi connectivity index (χ2n) is 5.74. The standard InChI is InChI=1S/C18H19ClFN/c19-17-9-6-13(11-18(17)20)10-15(12-21-16-7-8-16)14-4-2-1-3-5-14/h1-6,9,11,15-16,21H,7-8,10,12H2. The SMILES string of the molecule is Fc1cc(CC(CNC2CC2)c2ccccc2)ccc1Cl. The van der Waals surface area contributed by atoms with E-state index in [-0.39, 0.29) is 10.8 Å². The molecule has 3 rings (SSSR count). The van der Waals surface area contributed by atoms with Crippen molar-refractivity contribution in [2.75, 3.05) is 6.54 Å². The highest BCUT2D eigenvalue weighted by molar-refractivity contribution is 6.30. The molecule has 110 valence electrons. The molecule has 0 aromatic heterocycles. The lowest BCUT2D eigenvalue weighted by Gasteiger charge is -2.18. The van der Waals surface area contributed by atoms with Crippen molar-refractivity contribution < 1.29 is 4.39 Å². The number of halogens is 2. The van der Waals surface area contributed by atoms with Crippen LogP contribution in [0.15, 0.2) is 48.5 Å². The van der Waals surface area contributed by atoms with Gasteiger partial charge >= 0.3 is 0 Å². The molecule has 0 radical (unpaired) electrons. The van der Waals surface area contributed by atoms with Crippen molar-refractivity contribution in [3.8, 4) is 0 Å². The van der Waals surface area contributed by atoms with E-state index in [0.29, 0.717) is 12.0 Å². The topological polar surface area (TPSA) is 12.0 Å². The van der Waals surface area contributed by atoms with Crippen LogP contribution in [0.5, 0.6) is 0 Å². The number of hydrogen-bond acceptors (Lipinski definition) is 1. The van der Waals surface area contributed by atoms with Gasteiger partial charge in [-0.15, -0.1) is 0 Å². The molecule has 2 aromatic carbocycles. The van der Waals surface area contributed by atoms with Gasteiger partial charge in [-0.1, -0.05) is 48.0 Å². The first-order valence-corrected chi connectivity index (χ1v) is 7.82. The van der Waals surface area contributed by atoms with E-state index >= 15 is 0 Å². The van der Waals surface area contributed by atoms with Crippen molar-refractivity contribution in [3.05, 3.63) is 70.5 Å². The molecule has 1 aliphatic rings. The first kappa shape index (κ1) is 14.6. The van der Waals surface area contributed by atoms with E-state index < -0.39 is 0 Å². The van der Waals surface area contributed by atoms with Gasteiger partial charge in [-0.25, -0.2) is 4.39 Å². The Labute approximate surface area is 130 Å². The number of benzene rings is 2. The third-order valence-electron chi connectivity index (χ3n) is 3.97. The monoisotopic (exact) mass is 303 g/mol. The van der Waals surface area contributed by atoms with Crippen LogP contribution in [0.3, 0.4) is 0 Å². The molecule has 3 heteroatoms. The molecule has 0 amide bonds. The van der Waals surface area contributed by atoms with Gasteiger partial charge in [0.2, 0.25) is 0 Å². The van der Waals surface area contributed by atoms with Gasteiger partial charge in [-0.2, -0.15) is 0 Å². The number of rotatable bonds is 6. The number of nitrogens with one attached hydrogen (secondary N) is 1. The molecule has 0 aliphatic heterocycles. The molecular weight excluding hydrogens is 285 g/mol. The maximum Gasteiger partial charge on any atom is 0.142 e. The fourth-order valence-corrected chi connectivity index (χ4v) is 2.70. The molecule has 0 bridgehead atoms. The fourth-order valence-electron chi connectivity index (χ4n) is 2.58. The predicted octanol–water partition coefficient (Wildman–Crippen LogP) is 4.56. The first-order chi connectivity index (χ1) is 10.2. The van der Waals surface area contributed by atoms with Crippen LogP contribution in [-0.4, -0.2) is 12.6 Å². The third-order valence-corrected chi connectivity index (χ3v) is 4.27. The van der Waals surface area contributed by atoms with Crippen LogP contribution in [0.4, 0.5) is 4.39 Å². The minimum atomic E-state index is -0.337. The summed E-state index contributed by atoms with van der Waals surface area (Å²) in [7, 11) is 0. The van der Waals surface area contributed by atoms with Gasteiger partial charge in [0.15, 0.2) is 0 Å². The maximum absolute atomic E-state index is 13.6. The summed E-state index contributed by atoms with van der Waals surface area (Å²) in [4.78, 5) is 0. The summed E-state index contributed by atoms with van der Waals surface area (Å²) in [6.07, 6.45) is 3.37. The van der Waals surface area contributed by atoms with Crippen molar-refractivity contribution in [1.29, 1.82) is 0 Å². The Balaban J connectivity index is 1.75. The molecule has 0 saturated heterocycles. The lowest BCUT2D eigenvalue weighted by molar-refractivity contribution is 0.573. The van der Waals surface area contributed by atoms with E-state index in [9.17, 15) is 4.39 Å². The normalized spacial score (nSPS) is 15.9. The highest BCUT2D eigenvalue weighted by Gasteiger charge is 2.22. The maximum atomic E-state index is 13.6. The van der Waals surface area contributed by atoms with E-state index in [1.807, 2.05) is 12.1 Å². The van der Waals surface area contributed by atoms with Crippen molar-refractivity contribution in [2.24, 2.45) is 0 Å². The van der Waals surface area contributed by atoms with Crippen molar-refractivity contribution in [1.82, 2.24) is 5.32 Å². The van der Waals surface area contributed by atoms with E-state index in [1.54, 1.807) is 12.1 Å². The van der Waals surface area contributed by atoms with Crippen LogP contribution in [0.2, 0.25) is 5.02 Å². The van der Waals surface area contributed by atoms with Gasteiger partial charge in [-0.3, -0.25) is 0 Å². The molecule has 1 fully saturated rings. The van der Waals surface area contributed by atoms with Crippen LogP contribution in [0.25, 0.3) is 0 Å². The summed E-state index contributed by atoms with van der Waals surface area (Å²) in [6, 6.07) is 16.2. The van der Waals surface area contributed by atoms with Gasteiger partial charge in [0, 0.05) is 18.5 Å². The lowest BCUT2D eigenvalue weighted by atomic mass is 9.92. The van der Waals surface area contributed by atoms with Gasteiger partial charge in [-0.05, 0) is 42.5 Å². The summed E-state index contributed by atoms with van der Waals surface area (Å²) < 4.78 is 13.6. The van der Waals surface area contributed by atoms with Crippen LogP contribution in [0.1, 0.15) is 29.9 Å². The quantitative estimate of drug-likeness (QED) is 0.825. The Morgan fingerprint density at radius 3 is 2.57 bits per heavy atom. The minimum Gasteiger partial charge on any atom is -0.313 e. The molecule has 0 heterocycles. The smallest absolute Gasteiger partial charge is 0.142 e. The summed E-state index contributed by atoms with van der Waals surface area (Å²) in [5, 5.41) is 3.77. The number of hydrogen-bond donors (Lipinski definition) is 1. The summed E-state index contributed by atoms with van der Waals surface area (Å²) in [5.74, 6) is 0.0171. The van der Waals surface area contributed by atoms with Gasteiger partial charge in [0.25, 0.3) is 0 Å². The zero-order valence-electron chi connectivity index (χ0n) is 11.9. The predicted molar refractivity (Wildman–Crippen MR) is 85.3 cm³/mol. The molecule has 21 heavy (non-hydrogen) atoms. The molecule has 1 nitrogen and oxygen atoms in total. The van der Waals surface area contributed by atoms with Crippen molar-refractivity contribution in [3.63, 3.8) is 0 Å². The molecule has 1 saturated carbocycles. The molecular formula is C18H19ClFN. The van der Waals surface area contributed by atoms with E-state index in [0.717, 1.165) is 18.5 Å². The van der Waals surface area contributed by atoms with Crippen LogP contribution >= 0.6 is 11.6 Å². The van der Waals surface area contributed by atoms with Crippen LogP contribution in [0, 0.1) is 5.82 Å². The van der Waals surface area contributed by atoms with E-state index in [1.165, 1.54) is 18.4 Å². The average Bonchev–Trinajstić information content (AvgIpc) is 3.32. The second kappa shape index (κ2) is 6.59. The van der Waals surface area contributed by atoms with Crippen LogP contribution in [-0.2, 0) is 6.42 Å². The molecule has 1 aliphatic carbocycles. The van der Waals surface area contributed by atoms with Gasteiger partial charge in [0.05, 0.1) is 5.02 Å². The Hall–Kier alpha value is -1.38. The lowest BCUT2D eigenvalue weighted by Crippen LogP contribution is -2.24. The highest BCUT2D eigenvalue weighted by Crippen LogP contribution is 2.25. The third kappa shape index (κ3) is 4.05. The van der Waals surface area contributed by atoms with E-state index in [2.05, 4.69) is 29.6 Å². The van der Waals surface area contributed by atoms with Crippen molar-refractivity contribution >= 4 is 11.6 Å². The van der Waals surface area contributed by atoms with Gasteiger partial charge in [0.1, 0.15) is 5.82 Å². The summed E-state index contributed by atoms with van der Waals surface area (Å²) in [6.45, 7) is 0.929. The molecule has 1 unspecified atom stereocenters. The van der Waals surface area contributed by atoms with E-state index in [4.69, 9.17) is 11.6 Å².